The van der Waals surface area contributed by atoms with Crippen LogP contribution in [0.2, 0.25) is 0 Å². The van der Waals surface area contributed by atoms with E-state index in [1.807, 2.05) is 6.92 Å². The minimum absolute atomic E-state index is 0.285. The molecule has 0 aliphatic carbocycles. The number of nitrogens with two attached hydrogens (primary N) is 1. The van der Waals surface area contributed by atoms with E-state index in [4.69, 9.17) is 5.73 Å². The molecule has 2 N–H and O–H groups in total. The molecule has 1 heterocycles. The Morgan fingerprint density at radius 1 is 1.47 bits per heavy atom. The first-order valence-corrected chi connectivity index (χ1v) is 5.87. The van der Waals surface area contributed by atoms with Crippen LogP contribution in [0.4, 0.5) is 10.2 Å². The smallest absolute Gasteiger partial charge is 0.138 e. The molecule has 2 nitrogen and oxygen atoms in total. The summed E-state index contributed by atoms with van der Waals surface area (Å²) in [6.07, 6.45) is 0. The Hall–Kier alpha value is -0.940. The number of nitrogens with zero attached hydrogens (tertiary/aromatic N) is 1. The Morgan fingerprint density at radius 2 is 2.20 bits per heavy atom. The number of aryl methyl sites for hydroxylation is 1. The van der Waals surface area contributed by atoms with E-state index in [1.165, 1.54) is 17.4 Å². The molecule has 1 aromatic heterocycles. The minimum Gasteiger partial charge on any atom is -0.383 e. The van der Waals surface area contributed by atoms with E-state index in [0.29, 0.717) is 16.4 Å². The largest absolute Gasteiger partial charge is 0.383 e. The summed E-state index contributed by atoms with van der Waals surface area (Å²) in [5, 5.41) is 0.615. The van der Waals surface area contributed by atoms with Gasteiger partial charge in [-0.25, -0.2) is 9.37 Å². The number of hydrogen-bond acceptors (Lipinski definition) is 3. The number of benzene rings is 1. The summed E-state index contributed by atoms with van der Waals surface area (Å²) in [6.45, 7) is 1.87. The highest BCUT2D eigenvalue weighted by atomic mass is 79.9. The van der Waals surface area contributed by atoms with Crippen LogP contribution in [0, 0.1) is 12.7 Å². The van der Waals surface area contributed by atoms with Crippen molar-refractivity contribution in [2.75, 3.05) is 5.73 Å². The van der Waals surface area contributed by atoms with Crippen LogP contribution in [0.3, 0.4) is 0 Å². The molecule has 2 aromatic rings. The van der Waals surface area contributed by atoms with Gasteiger partial charge in [0.15, 0.2) is 0 Å². The summed E-state index contributed by atoms with van der Waals surface area (Å²) < 4.78 is 14.3. The zero-order valence-corrected chi connectivity index (χ0v) is 10.3. The third-order valence-corrected chi connectivity index (χ3v) is 3.50. The number of thiazole rings is 1. The van der Waals surface area contributed by atoms with Crippen molar-refractivity contribution < 1.29 is 4.39 Å². The highest BCUT2D eigenvalue weighted by molar-refractivity contribution is 9.10. The molecule has 0 aliphatic heterocycles. The number of aromatic nitrogens is 1. The first-order valence-electron chi connectivity index (χ1n) is 4.26. The first kappa shape index (κ1) is 10.6. The Balaban J connectivity index is 2.58. The van der Waals surface area contributed by atoms with Gasteiger partial charge in [0, 0.05) is 14.9 Å². The van der Waals surface area contributed by atoms with Gasteiger partial charge >= 0.3 is 0 Å². The highest BCUT2D eigenvalue weighted by Crippen LogP contribution is 2.32. The molecule has 0 aliphatic rings. The van der Waals surface area contributed by atoms with Crippen LogP contribution in [0.15, 0.2) is 22.7 Å². The van der Waals surface area contributed by atoms with Crippen LogP contribution < -0.4 is 5.73 Å². The van der Waals surface area contributed by atoms with E-state index in [9.17, 15) is 4.39 Å². The SMILES string of the molecule is Cc1sc(-c2cc(Br)ccc2F)nc1N. The maximum atomic E-state index is 13.5. The van der Waals surface area contributed by atoms with Crippen LogP contribution in [0.25, 0.3) is 10.6 Å². The van der Waals surface area contributed by atoms with Crippen molar-refractivity contribution in [3.05, 3.63) is 33.4 Å². The van der Waals surface area contributed by atoms with Crippen molar-refractivity contribution in [3.8, 4) is 10.6 Å². The summed E-state index contributed by atoms with van der Waals surface area (Å²) >= 11 is 4.69. The van der Waals surface area contributed by atoms with Crippen molar-refractivity contribution in [3.63, 3.8) is 0 Å². The highest BCUT2D eigenvalue weighted by Gasteiger charge is 2.11. The van der Waals surface area contributed by atoms with Gasteiger partial charge < -0.3 is 5.73 Å². The van der Waals surface area contributed by atoms with Crippen LogP contribution in [0.1, 0.15) is 4.88 Å². The molecule has 0 saturated carbocycles. The molecule has 0 atom stereocenters. The van der Waals surface area contributed by atoms with Gasteiger partial charge in [-0.05, 0) is 25.1 Å². The van der Waals surface area contributed by atoms with Gasteiger partial charge in [-0.2, -0.15) is 0 Å². The van der Waals surface area contributed by atoms with Gasteiger partial charge in [-0.3, -0.25) is 0 Å². The van der Waals surface area contributed by atoms with Crippen LogP contribution in [0.5, 0.6) is 0 Å². The standard InChI is InChI=1S/C10H8BrFN2S/c1-5-9(13)14-10(15-5)7-4-6(11)2-3-8(7)12/h2-4H,13H2,1H3. The van der Waals surface area contributed by atoms with Crippen molar-refractivity contribution in [1.29, 1.82) is 0 Å². The lowest BCUT2D eigenvalue weighted by Gasteiger charge is -1.99. The zero-order valence-electron chi connectivity index (χ0n) is 7.92. The molecule has 2 rings (SSSR count). The first-order chi connectivity index (χ1) is 7.08. The number of anilines is 1. The van der Waals surface area contributed by atoms with Gasteiger partial charge in [-0.1, -0.05) is 15.9 Å². The van der Waals surface area contributed by atoms with Crippen molar-refractivity contribution in [1.82, 2.24) is 4.98 Å². The average molecular weight is 287 g/mol. The van der Waals surface area contributed by atoms with Gasteiger partial charge in [-0.15, -0.1) is 11.3 Å². The lowest BCUT2D eigenvalue weighted by molar-refractivity contribution is 0.631. The second-order valence-corrected chi connectivity index (χ2v) is 5.20. The average Bonchev–Trinajstić information content (AvgIpc) is 2.51. The summed E-state index contributed by atoms with van der Waals surface area (Å²) in [5.74, 6) is 0.182. The lowest BCUT2D eigenvalue weighted by atomic mass is 10.2. The number of rotatable bonds is 1. The second-order valence-electron chi connectivity index (χ2n) is 3.08. The normalized spacial score (nSPS) is 10.6. The molecule has 0 saturated heterocycles. The molecular formula is C10H8BrFN2S. The third kappa shape index (κ3) is 2.03. The maximum Gasteiger partial charge on any atom is 0.138 e. The Kier molecular flexibility index (Phi) is 2.75. The van der Waals surface area contributed by atoms with Crippen molar-refractivity contribution >= 4 is 33.1 Å². The van der Waals surface area contributed by atoms with E-state index in [1.54, 1.807) is 12.1 Å². The fourth-order valence-electron chi connectivity index (χ4n) is 1.18. The molecule has 0 amide bonds. The zero-order chi connectivity index (χ0) is 11.0. The molecule has 0 unspecified atom stereocenters. The monoisotopic (exact) mass is 286 g/mol. The fraction of sp³-hybridized carbons (Fsp3) is 0.100. The topological polar surface area (TPSA) is 38.9 Å². The number of halogens is 2. The van der Waals surface area contributed by atoms with Gasteiger partial charge in [0.05, 0.1) is 0 Å². The lowest BCUT2D eigenvalue weighted by Crippen LogP contribution is -1.87. The third-order valence-electron chi connectivity index (χ3n) is 1.99. The summed E-state index contributed by atoms with van der Waals surface area (Å²) in [7, 11) is 0. The fourth-order valence-corrected chi connectivity index (χ4v) is 2.40. The van der Waals surface area contributed by atoms with E-state index in [2.05, 4.69) is 20.9 Å². The number of hydrogen-bond donors (Lipinski definition) is 1. The van der Waals surface area contributed by atoms with E-state index in [-0.39, 0.29) is 5.82 Å². The van der Waals surface area contributed by atoms with E-state index in [0.717, 1.165) is 9.35 Å². The molecule has 78 valence electrons. The second kappa shape index (κ2) is 3.90. The van der Waals surface area contributed by atoms with Gasteiger partial charge in [0.2, 0.25) is 0 Å². The van der Waals surface area contributed by atoms with Crippen LogP contribution in [-0.4, -0.2) is 4.98 Å². The van der Waals surface area contributed by atoms with Gasteiger partial charge in [0.1, 0.15) is 16.6 Å². The van der Waals surface area contributed by atoms with E-state index >= 15 is 0 Å². The molecule has 15 heavy (non-hydrogen) atoms. The van der Waals surface area contributed by atoms with Crippen LogP contribution >= 0.6 is 27.3 Å². The maximum absolute atomic E-state index is 13.5. The van der Waals surface area contributed by atoms with Crippen molar-refractivity contribution in [2.24, 2.45) is 0 Å². The van der Waals surface area contributed by atoms with Crippen molar-refractivity contribution in [2.45, 2.75) is 6.92 Å². The Bertz CT molecular complexity index is 491. The van der Waals surface area contributed by atoms with Crippen LogP contribution in [-0.2, 0) is 0 Å². The predicted octanol–water partition coefficient (Wildman–Crippen LogP) is 3.60. The summed E-state index contributed by atoms with van der Waals surface area (Å²) in [4.78, 5) is 5.02. The minimum atomic E-state index is -0.285. The van der Waals surface area contributed by atoms with E-state index < -0.39 is 0 Å². The molecule has 0 bridgehead atoms. The number of nitrogen functional groups attached to an aromatic ring is 1. The molecule has 0 radical (unpaired) electrons. The molecule has 5 heteroatoms. The Labute approximate surface area is 99.1 Å². The summed E-state index contributed by atoms with van der Waals surface area (Å²) in [5.41, 5.74) is 6.11. The predicted molar refractivity (Wildman–Crippen MR) is 64.4 cm³/mol. The quantitative estimate of drug-likeness (QED) is 0.870. The molecule has 0 fully saturated rings. The molecular weight excluding hydrogens is 279 g/mol. The molecule has 1 aromatic carbocycles. The molecule has 0 spiro atoms. The van der Waals surface area contributed by atoms with Gasteiger partial charge in [0.25, 0.3) is 0 Å². The summed E-state index contributed by atoms with van der Waals surface area (Å²) in [6, 6.07) is 4.77. The Morgan fingerprint density at radius 3 is 2.80 bits per heavy atom.